The molecule has 0 radical (unpaired) electrons. The highest BCUT2D eigenvalue weighted by Crippen LogP contribution is 2.46. The Labute approximate surface area is 100 Å². The molecule has 4 heteroatoms. The van der Waals surface area contributed by atoms with E-state index in [2.05, 4.69) is 0 Å². The lowest BCUT2D eigenvalue weighted by Crippen LogP contribution is -2.45. The molecular weight excluding hydrogens is 223 g/mol. The van der Waals surface area contributed by atoms with Crippen molar-refractivity contribution in [1.82, 2.24) is 0 Å². The minimum atomic E-state index is -0.855. The maximum absolute atomic E-state index is 13.3. The van der Waals surface area contributed by atoms with Gasteiger partial charge < -0.3 is 14.6 Å². The molecule has 1 aromatic carbocycles. The second-order valence-corrected chi connectivity index (χ2v) is 4.41. The van der Waals surface area contributed by atoms with Gasteiger partial charge in [0, 0.05) is 12.7 Å². The van der Waals surface area contributed by atoms with E-state index in [4.69, 9.17) is 9.47 Å². The molecule has 1 unspecified atom stereocenters. The average molecular weight is 240 g/mol. The number of halogens is 1. The molecule has 1 N–H and O–H groups in total. The van der Waals surface area contributed by atoms with Crippen LogP contribution in [0.5, 0.6) is 5.75 Å². The van der Waals surface area contributed by atoms with E-state index >= 15 is 0 Å². The van der Waals surface area contributed by atoms with Gasteiger partial charge in [0.1, 0.15) is 17.7 Å². The van der Waals surface area contributed by atoms with Crippen molar-refractivity contribution < 1.29 is 19.0 Å². The molecule has 2 rings (SSSR count). The minimum absolute atomic E-state index is 0.384. The van der Waals surface area contributed by atoms with Crippen LogP contribution < -0.4 is 4.74 Å². The maximum atomic E-state index is 13.3. The number of hydrogen-bond acceptors (Lipinski definition) is 3. The van der Waals surface area contributed by atoms with Gasteiger partial charge in [0.05, 0.1) is 12.7 Å². The summed E-state index contributed by atoms with van der Waals surface area (Å²) < 4.78 is 23.8. The van der Waals surface area contributed by atoms with Gasteiger partial charge in [0.25, 0.3) is 0 Å². The predicted molar refractivity (Wildman–Crippen MR) is 61.5 cm³/mol. The van der Waals surface area contributed by atoms with Crippen LogP contribution in [0.4, 0.5) is 4.39 Å². The molecular formula is C13H17FO3. The van der Waals surface area contributed by atoms with Crippen molar-refractivity contribution in [3.8, 4) is 5.75 Å². The van der Waals surface area contributed by atoms with Gasteiger partial charge in [-0.15, -0.1) is 0 Å². The summed E-state index contributed by atoms with van der Waals surface area (Å²) in [6, 6.07) is 4.15. The van der Waals surface area contributed by atoms with E-state index in [-0.39, 0.29) is 5.82 Å². The van der Waals surface area contributed by atoms with Crippen LogP contribution in [0.3, 0.4) is 0 Å². The molecule has 1 atom stereocenters. The minimum Gasteiger partial charge on any atom is -0.496 e. The van der Waals surface area contributed by atoms with Gasteiger partial charge in [-0.25, -0.2) is 4.39 Å². The summed E-state index contributed by atoms with van der Waals surface area (Å²) in [5.41, 5.74) is -0.129. The van der Waals surface area contributed by atoms with Crippen LogP contribution in [0, 0.1) is 5.82 Å². The van der Waals surface area contributed by atoms with Gasteiger partial charge in [-0.2, -0.15) is 0 Å². The third-order valence-electron chi connectivity index (χ3n) is 3.59. The number of aliphatic hydroxyl groups excluding tert-OH is 1. The van der Waals surface area contributed by atoms with Crippen molar-refractivity contribution in [1.29, 1.82) is 0 Å². The first-order valence-electron chi connectivity index (χ1n) is 5.69. The number of methoxy groups -OCH3 is 2. The van der Waals surface area contributed by atoms with Gasteiger partial charge >= 0.3 is 0 Å². The first-order valence-corrected chi connectivity index (χ1v) is 5.69. The lowest BCUT2D eigenvalue weighted by atomic mass is 9.73. The van der Waals surface area contributed by atoms with Gasteiger partial charge in [-0.1, -0.05) is 0 Å². The summed E-state index contributed by atoms with van der Waals surface area (Å²) in [6.07, 6.45) is 1.73. The number of hydrogen-bond donors (Lipinski definition) is 1. The fourth-order valence-electron chi connectivity index (χ4n) is 2.32. The predicted octanol–water partition coefficient (Wildman–Crippen LogP) is 2.44. The van der Waals surface area contributed by atoms with Crippen molar-refractivity contribution in [3.05, 3.63) is 29.6 Å². The zero-order valence-electron chi connectivity index (χ0n) is 10.1. The molecule has 1 saturated carbocycles. The Hall–Kier alpha value is -1.13. The normalized spacial score (nSPS) is 19.5. The van der Waals surface area contributed by atoms with E-state index in [0.29, 0.717) is 11.3 Å². The van der Waals surface area contributed by atoms with E-state index in [1.54, 1.807) is 7.11 Å². The monoisotopic (exact) mass is 240 g/mol. The molecule has 1 fully saturated rings. The summed E-state index contributed by atoms with van der Waals surface area (Å²) in [5.74, 6) is 0.104. The van der Waals surface area contributed by atoms with E-state index in [1.807, 2.05) is 0 Å². The molecule has 0 aliphatic heterocycles. The molecule has 0 heterocycles. The fraction of sp³-hybridized carbons (Fsp3) is 0.538. The van der Waals surface area contributed by atoms with Crippen LogP contribution in [-0.4, -0.2) is 24.9 Å². The smallest absolute Gasteiger partial charge is 0.124 e. The van der Waals surface area contributed by atoms with Gasteiger partial charge in [0.15, 0.2) is 0 Å². The molecule has 0 amide bonds. The van der Waals surface area contributed by atoms with Crippen LogP contribution in [0.1, 0.15) is 30.9 Å². The van der Waals surface area contributed by atoms with Crippen LogP contribution in [-0.2, 0) is 4.74 Å². The Balaban J connectivity index is 2.35. The second kappa shape index (κ2) is 4.63. The first-order chi connectivity index (χ1) is 8.13. The van der Waals surface area contributed by atoms with Gasteiger partial charge in [-0.05, 0) is 37.5 Å². The van der Waals surface area contributed by atoms with Crippen LogP contribution in [0.25, 0.3) is 0 Å². The summed E-state index contributed by atoms with van der Waals surface area (Å²) in [5, 5.41) is 10.4. The van der Waals surface area contributed by atoms with E-state index in [9.17, 15) is 9.50 Å². The third-order valence-corrected chi connectivity index (χ3v) is 3.59. The first kappa shape index (κ1) is 12.3. The molecule has 0 spiro atoms. The van der Waals surface area contributed by atoms with Crippen molar-refractivity contribution in [2.75, 3.05) is 14.2 Å². The lowest BCUT2D eigenvalue weighted by molar-refractivity contribution is -0.152. The Morgan fingerprint density at radius 2 is 2.06 bits per heavy atom. The van der Waals surface area contributed by atoms with Crippen LogP contribution in [0.15, 0.2) is 18.2 Å². The second-order valence-electron chi connectivity index (χ2n) is 4.41. The molecule has 0 saturated heterocycles. The third kappa shape index (κ3) is 2.03. The molecule has 17 heavy (non-hydrogen) atoms. The number of rotatable bonds is 4. The summed E-state index contributed by atoms with van der Waals surface area (Å²) >= 11 is 0. The zero-order chi connectivity index (χ0) is 12.5. The molecule has 0 aromatic heterocycles. The number of ether oxygens (including phenoxy) is 2. The SMILES string of the molecule is COc1ccc(F)cc1C(O)C1(OC)CCC1. The zero-order valence-corrected chi connectivity index (χ0v) is 10.1. The maximum Gasteiger partial charge on any atom is 0.124 e. The number of aliphatic hydroxyl groups is 1. The Bertz CT molecular complexity index is 396. The number of benzene rings is 1. The van der Waals surface area contributed by atoms with Crippen molar-refractivity contribution in [2.45, 2.75) is 31.0 Å². The van der Waals surface area contributed by atoms with E-state index in [0.717, 1.165) is 19.3 Å². The molecule has 1 aliphatic rings. The Morgan fingerprint density at radius 3 is 2.53 bits per heavy atom. The summed E-state index contributed by atoms with van der Waals surface area (Å²) in [7, 11) is 3.08. The molecule has 1 aromatic rings. The highest BCUT2D eigenvalue weighted by atomic mass is 19.1. The van der Waals surface area contributed by atoms with E-state index < -0.39 is 11.7 Å². The summed E-state index contributed by atoms with van der Waals surface area (Å²) in [4.78, 5) is 0. The highest BCUT2D eigenvalue weighted by Gasteiger charge is 2.45. The van der Waals surface area contributed by atoms with Gasteiger partial charge in [0.2, 0.25) is 0 Å². The largest absolute Gasteiger partial charge is 0.496 e. The Morgan fingerprint density at radius 1 is 1.35 bits per heavy atom. The van der Waals surface area contributed by atoms with Crippen molar-refractivity contribution in [2.24, 2.45) is 0 Å². The standard InChI is InChI=1S/C13H17FO3/c1-16-11-5-4-9(14)8-10(11)12(15)13(17-2)6-3-7-13/h4-5,8,12,15H,3,6-7H2,1-2H3. The highest BCUT2D eigenvalue weighted by molar-refractivity contribution is 5.37. The van der Waals surface area contributed by atoms with Gasteiger partial charge in [-0.3, -0.25) is 0 Å². The fourth-order valence-corrected chi connectivity index (χ4v) is 2.32. The molecule has 3 nitrogen and oxygen atoms in total. The molecule has 1 aliphatic carbocycles. The topological polar surface area (TPSA) is 38.7 Å². The van der Waals surface area contributed by atoms with Crippen molar-refractivity contribution >= 4 is 0 Å². The Kier molecular flexibility index (Phi) is 3.35. The van der Waals surface area contributed by atoms with Crippen LogP contribution in [0.2, 0.25) is 0 Å². The molecule has 94 valence electrons. The van der Waals surface area contributed by atoms with E-state index in [1.165, 1.54) is 25.3 Å². The lowest BCUT2D eigenvalue weighted by Gasteiger charge is -2.44. The quantitative estimate of drug-likeness (QED) is 0.878. The average Bonchev–Trinajstić information content (AvgIpc) is 2.28. The molecule has 0 bridgehead atoms. The van der Waals surface area contributed by atoms with Crippen molar-refractivity contribution in [3.63, 3.8) is 0 Å². The summed E-state index contributed by atoms with van der Waals surface area (Å²) in [6.45, 7) is 0. The van der Waals surface area contributed by atoms with Crippen LogP contribution >= 0.6 is 0 Å².